The van der Waals surface area contributed by atoms with Gasteiger partial charge in [-0.3, -0.25) is 4.57 Å². The fourth-order valence-corrected chi connectivity index (χ4v) is 3.47. The first kappa shape index (κ1) is 18.9. The fourth-order valence-electron chi connectivity index (χ4n) is 2.14. The lowest BCUT2D eigenvalue weighted by Gasteiger charge is -2.16. The monoisotopic (exact) mass is 343 g/mol. The third-order valence-electron chi connectivity index (χ3n) is 3.33. The Morgan fingerprint density at radius 3 is 2.00 bits per heavy atom. The summed E-state index contributed by atoms with van der Waals surface area (Å²) in [6, 6.07) is 13.0. The summed E-state index contributed by atoms with van der Waals surface area (Å²) in [5.74, 6) is -0.287. The van der Waals surface area contributed by atoms with Crippen LogP contribution < -0.4 is 11.0 Å². The number of hydrogen-bond donors (Lipinski definition) is 1. The molecule has 2 unspecified atom stereocenters. The molecule has 2 rings (SSSR count). The molecule has 22 heavy (non-hydrogen) atoms. The van der Waals surface area contributed by atoms with E-state index < -0.39 is 7.37 Å². The number of benzene rings is 2. The Kier molecular flexibility index (Phi) is 6.76. The summed E-state index contributed by atoms with van der Waals surface area (Å²) < 4.78 is 30.5. The lowest BCUT2D eigenvalue weighted by molar-refractivity contribution is 0.345. The maximum absolute atomic E-state index is 12.9. The van der Waals surface area contributed by atoms with E-state index in [1.54, 1.807) is 30.9 Å². The summed E-state index contributed by atoms with van der Waals surface area (Å²) in [7, 11) is -2.76. The molecular weight excluding hydrogens is 324 g/mol. The molecule has 120 valence electrons. The number of hydrogen-bond acceptors (Lipinski definition) is 3. The normalized spacial score (nSPS) is 14.7. The Hall–Kier alpha value is -1.19. The highest BCUT2D eigenvalue weighted by atomic mass is 35.5. The lowest BCUT2D eigenvalue weighted by Crippen LogP contribution is -2.13. The minimum absolute atomic E-state index is 0. The first-order valence-corrected chi connectivity index (χ1v) is 8.85. The molecule has 0 amide bonds. The van der Waals surface area contributed by atoms with Crippen molar-refractivity contribution in [3.8, 4) is 0 Å². The van der Waals surface area contributed by atoms with Crippen molar-refractivity contribution in [3.63, 3.8) is 0 Å². The Balaban J connectivity index is 0.00000242. The van der Waals surface area contributed by atoms with Crippen LogP contribution in [0, 0.1) is 5.82 Å². The van der Waals surface area contributed by atoms with Gasteiger partial charge in [0.2, 0.25) is 7.37 Å². The van der Waals surface area contributed by atoms with E-state index in [4.69, 9.17) is 10.3 Å². The van der Waals surface area contributed by atoms with E-state index in [1.807, 2.05) is 19.1 Å². The van der Waals surface area contributed by atoms with Crippen molar-refractivity contribution in [1.82, 2.24) is 0 Å². The van der Waals surface area contributed by atoms with E-state index >= 15 is 0 Å². The molecule has 3 nitrogen and oxygen atoms in total. The van der Waals surface area contributed by atoms with Crippen molar-refractivity contribution >= 4 is 25.1 Å². The summed E-state index contributed by atoms with van der Waals surface area (Å²) in [6.07, 6.45) is 0. The zero-order valence-electron chi connectivity index (χ0n) is 12.5. The molecule has 0 aliphatic heterocycles. The second-order valence-corrected chi connectivity index (χ2v) is 7.35. The van der Waals surface area contributed by atoms with Crippen molar-refractivity contribution in [1.29, 1.82) is 0 Å². The summed E-state index contributed by atoms with van der Waals surface area (Å²) in [5, 5.41) is 0.666. The van der Waals surface area contributed by atoms with Crippen LogP contribution in [0.4, 0.5) is 4.39 Å². The van der Waals surface area contributed by atoms with Crippen LogP contribution in [0.5, 0.6) is 0 Å². The van der Waals surface area contributed by atoms with E-state index in [1.165, 1.54) is 12.1 Å². The number of rotatable bonds is 5. The predicted molar refractivity (Wildman–Crippen MR) is 90.9 cm³/mol. The molecule has 0 heterocycles. The van der Waals surface area contributed by atoms with E-state index in [2.05, 4.69) is 0 Å². The lowest BCUT2D eigenvalue weighted by atomic mass is 10.00. The highest BCUT2D eigenvalue weighted by Crippen LogP contribution is 2.41. The molecule has 0 aromatic heterocycles. The average Bonchev–Trinajstić information content (AvgIpc) is 2.47. The van der Waals surface area contributed by atoms with Gasteiger partial charge in [0.15, 0.2) is 0 Å². The molecule has 0 spiro atoms. The quantitative estimate of drug-likeness (QED) is 0.839. The molecule has 0 aliphatic carbocycles. The summed E-state index contributed by atoms with van der Waals surface area (Å²) in [6.45, 7) is 3.82. The van der Waals surface area contributed by atoms with Crippen LogP contribution in [0.1, 0.15) is 24.1 Å². The van der Waals surface area contributed by atoms with Crippen LogP contribution in [0.3, 0.4) is 0 Å². The molecule has 0 radical (unpaired) electrons. The highest BCUT2D eigenvalue weighted by Gasteiger charge is 2.19. The zero-order valence-corrected chi connectivity index (χ0v) is 14.2. The highest BCUT2D eigenvalue weighted by molar-refractivity contribution is 7.66. The maximum Gasteiger partial charge on any atom is 0.229 e. The van der Waals surface area contributed by atoms with Crippen molar-refractivity contribution in [3.05, 3.63) is 65.5 Å². The van der Waals surface area contributed by atoms with Gasteiger partial charge in [0, 0.05) is 12.0 Å². The molecule has 0 saturated carbocycles. The van der Waals surface area contributed by atoms with Gasteiger partial charge in [0.1, 0.15) is 5.82 Å². The molecule has 0 bridgehead atoms. The van der Waals surface area contributed by atoms with Gasteiger partial charge in [-0.2, -0.15) is 0 Å². The Morgan fingerprint density at radius 2 is 1.55 bits per heavy atom. The van der Waals surface area contributed by atoms with E-state index in [-0.39, 0.29) is 24.3 Å². The number of halogens is 2. The molecule has 6 heteroatoms. The molecule has 0 fully saturated rings. The van der Waals surface area contributed by atoms with Gasteiger partial charge in [0.05, 0.1) is 12.6 Å². The van der Waals surface area contributed by atoms with Gasteiger partial charge in [0.25, 0.3) is 0 Å². The van der Waals surface area contributed by atoms with E-state index in [9.17, 15) is 8.96 Å². The van der Waals surface area contributed by atoms with E-state index in [0.717, 1.165) is 11.1 Å². The Morgan fingerprint density at radius 1 is 1.09 bits per heavy atom. The SMILES string of the molecule is CCOP(C)(=O)c1ccc(C(N)c2ccc(F)cc2)cc1.Cl. The van der Waals surface area contributed by atoms with Crippen LogP contribution in [-0.2, 0) is 9.09 Å². The maximum atomic E-state index is 12.9. The molecule has 0 saturated heterocycles. The molecule has 2 aromatic rings. The van der Waals surface area contributed by atoms with Crippen LogP contribution in [0.15, 0.2) is 48.5 Å². The number of nitrogens with two attached hydrogens (primary N) is 1. The zero-order chi connectivity index (χ0) is 15.5. The van der Waals surface area contributed by atoms with Crippen LogP contribution >= 0.6 is 19.8 Å². The first-order chi connectivity index (χ1) is 9.94. The fraction of sp³-hybridized carbons (Fsp3) is 0.250. The van der Waals surface area contributed by atoms with Crippen LogP contribution in [-0.4, -0.2) is 13.3 Å². The molecule has 2 atom stereocenters. The average molecular weight is 344 g/mol. The van der Waals surface area contributed by atoms with Crippen LogP contribution in [0.25, 0.3) is 0 Å². The van der Waals surface area contributed by atoms with Crippen molar-refractivity contribution in [2.24, 2.45) is 5.73 Å². The van der Waals surface area contributed by atoms with Gasteiger partial charge < -0.3 is 10.3 Å². The molecule has 0 aliphatic rings. The van der Waals surface area contributed by atoms with Gasteiger partial charge in [-0.15, -0.1) is 12.4 Å². The Bertz CT molecular complexity index is 646. The Labute approximate surface area is 136 Å². The van der Waals surface area contributed by atoms with Gasteiger partial charge in [-0.1, -0.05) is 24.3 Å². The standard InChI is InChI=1S/C16H19FNO2P.ClH/c1-3-20-21(2,19)15-10-6-13(7-11-15)16(18)12-4-8-14(17)9-5-12;/h4-11,16H,3,18H2,1-2H3;1H. The van der Waals surface area contributed by atoms with E-state index in [0.29, 0.717) is 11.9 Å². The molecule has 2 N–H and O–H groups in total. The topological polar surface area (TPSA) is 52.3 Å². The molecule has 2 aromatic carbocycles. The summed E-state index contributed by atoms with van der Waals surface area (Å²) in [4.78, 5) is 0. The smallest absolute Gasteiger partial charge is 0.229 e. The van der Waals surface area contributed by atoms with Crippen molar-refractivity contribution in [2.75, 3.05) is 13.3 Å². The minimum Gasteiger partial charge on any atom is -0.326 e. The van der Waals surface area contributed by atoms with Crippen molar-refractivity contribution < 1.29 is 13.5 Å². The van der Waals surface area contributed by atoms with Crippen LogP contribution in [0.2, 0.25) is 0 Å². The molecular formula is C16H20ClFNO2P. The van der Waals surface area contributed by atoms with Gasteiger partial charge in [-0.25, -0.2) is 4.39 Å². The first-order valence-electron chi connectivity index (χ1n) is 6.77. The van der Waals surface area contributed by atoms with Crippen molar-refractivity contribution in [2.45, 2.75) is 13.0 Å². The van der Waals surface area contributed by atoms with Gasteiger partial charge >= 0.3 is 0 Å². The largest absolute Gasteiger partial charge is 0.326 e. The van der Waals surface area contributed by atoms with Gasteiger partial charge in [-0.05, 0) is 42.3 Å². The second kappa shape index (κ2) is 7.89. The minimum atomic E-state index is -2.76. The second-order valence-electron chi connectivity index (χ2n) is 4.88. The summed E-state index contributed by atoms with van der Waals surface area (Å²) >= 11 is 0. The third-order valence-corrected chi connectivity index (χ3v) is 5.31. The summed E-state index contributed by atoms with van der Waals surface area (Å²) in [5.41, 5.74) is 7.87. The predicted octanol–water partition coefficient (Wildman–Crippen LogP) is 3.87. The third kappa shape index (κ3) is 4.40.